The maximum Gasteiger partial charge on any atom is 0.269 e. The molecule has 4 rings (SSSR count). The number of anilines is 2. The van der Waals surface area contributed by atoms with Gasteiger partial charge in [-0.15, -0.1) is 10.2 Å². The van der Waals surface area contributed by atoms with E-state index < -0.39 is 4.92 Å². The van der Waals surface area contributed by atoms with Crippen LogP contribution in [0.15, 0.2) is 54.6 Å². The minimum absolute atomic E-state index is 0.0637. The van der Waals surface area contributed by atoms with Crippen molar-refractivity contribution < 1.29 is 9.72 Å². The fourth-order valence-corrected chi connectivity index (χ4v) is 3.89. The second-order valence-corrected chi connectivity index (χ2v) is 8.05. The smallest absolute Gasteiger partial charge is 0.269 e. The van der Waals surface area contributed by atoms with Crippen molar-refractivity contribution >= 4 is 34.0 Å². The summed E-state index contributed by atoms with van der Waals surface area (Å²) >= 11 is 0. The Bertz CT molecular complexity index is 1370. The summed E-state index contributed by atoms with van der Waals surface area (Å²) in [6, 6.07) is 15.4. The van der Waals surface area contributed by atoms with E-state index in [0.29, 0.717) is 16.8 Å². The number of benzene rings is 3. The van der Waals surface area contributed by atoms with E-state index in [1.807, 2.05) is 26.0 Å². The fourth-order valence-electron chi connectivity index (χ4n) is 3.89. The molecule has 9 nitrogen and oxygen atoms in total. The van der Waals surface area contributed by atoms with Gasteiger partial charge in [-0.3, -0.25) is 14.9 Å². The first kappa shape index (κ1) is 22.9. The normalized spacial score (nSPS) is 10.9. The van der Waals surface area contributed by atoms with Crippen LogP contribution in [-0.2, 0) is 0 Å². The molecule has 0 atom stereocenters. The molecule has 0 fully saturated rings. The third kappa shape index (κ3) is 4.45. The number of amides is 1. The summed E-state index contributed by atoms with van der Waals surface area (Å²) in [4.78, 5) is 26.9. The van der Waals surface area contributed by atoms with Crippen molar-refractivity contribution in [3.8, 4) is 5.69 Å². The maximum atomic E-state index is 12.7. The molecule has 1 N–H and O–H groups in total. The lowest BCUT2D eigenvalue weighted by molar-refractivity contribution is -0.384. The first-order valence-corrected chi connectivity index (χ1v) is 11.1. The van der Waals surface area contributed by atoms with Crippen LogP contribution in [0.4, 0.5) is 17.1 Å². The number of hydrogen-bond acceptors (Lipinski definition) is 6. The van der Waals surface area contributed by atoms with Gasteiger partial charge in [0.2, 0.25) is 0 Å². The number of non-ortho nitro benzene ring substituents is 1. The number of carbonyl (C=O) groups is 1. The van der Waals surface area contributed by atoms with Gasteiger partial charge in [0.25, 0.3) is 11.6 Å². The summed E-state index contributed by atoms with van der Waals surface area (Å²) in [6.07, 6.45) is 0. The number of nitrogens with one attached hydrogen (secondary N) is 1. The molecule has 0 saturated heterocycles. The molecule has 0 bridgehead atoms. The summed E-state index contributed by atoms with van der Waals surface area (Å²) in [5, 5.41) is 23.0. The third-order valence-corrected chi connectivity index (χ3v) is 5.84. The second kappa shape index (κ2) is 9.30. The van der Waals surface area contributed by atoms with Gasteiger partial charge in [0, 0.05) is 42.2 Å². The predicted octanol–water partition coefficient (Wildman–Crippen LogP) is 5.04. The average Bonchev–Trinajstić information content (AvgIpc) is 3.22. The SMILES string of the molecule is CCN(CC)c1ccc(-n2nc3cc(C)c(NC(=O)c4ccc([N+](=O)[O-])cc4)cc3n2)c(C)c1. The number of nitro benzene ring substituents is 1. The zero-order chi connectivity index (χ0) is 24.4. The Morgan fingerprint density at radius 1 is 0.971 bits per heavy atom. The molecule has 0 saturated carbocycles. The number of aromatic nitrogens is 3. The topological polar surface area (TPSA) is 106 Å². The predicted molar refractivity (Wildman–Crippen MR) is 133 cm³/mol. The van der Waals surface area contributed by atoms with Gasteiger partial charge in [-0.1, -0.05) is 0 Å². The molecule has 174 valence electrons. The van der Waals surface area contributed by atoms with E-state index in [0.717, 1.165) is 41.1 Å². The molecule has 0 unspecified atom stereocenters. The second-order valence-electron chi connectivity index (χ2n) is 8.05. The molecule has 9 heteroatoms. The van der Waals surface area contributed by atoms with Crippen LogP contribution in [-0.4, -0.2) is 38.9 Å². The zero-order valence-corrected chi connectivity index (χ0v) is 19.6. The van der Waals surface area contributed by atoms with Crippen LogP contribution in [0.3, 0.4) is 0 Å². The van der Waals surface area contributed by atoms with Crippen LogP contribution in [0.2, 0.25) is 0 Å². The third-order valence-electron chi connectivity index (χ3n) is 5.84. The Hall–Kier alpha value is -4.27. The number of nitrogens with zero attached hydrogens (tertiary/aromatic N) is 5. The van der Waals surface area contributed by atoms with E-state index in [4.69, 9.17) is 0 Å². The molecule has 4 aromatic rings. The van der Waals surface area contributed by atoms with Crippen molar-refractivity contribution in [1.29, 1.82) is 0 Å². The fraction of sp³-hybridized carbons (Fsp3) is 0.240. The van der Waals surface area contributed by atoms with Gasteiger partial charge in [0.1, 0.15) is 11.0 Å². The van der Waals surface area contributed by atoms with Crippen molar-refractivity contribution in [1.82, 2.24) is 15.0 Å². The number of nitro groups is 1. The number of carbonyl (C=O) groups excluding carboxylic acids is 1. The van der Waals surface area contributed by atoms with Crippen LogP contribution in [0.5, 0.6) is 0 Å². The Morgan fingerprint density at radius 3 is 2.21 bits per heavy atom. The van der Waals surface area contributed by atoms with Gasteiger partial charge in [-0.2, -0.15) is 4.80 Å². The van der Waals surface area contributed by atoms with E-state index in [2.05, 4.69) is 46.4 Å². The summed E-state index contributed by atoms with van der Waals surface area (Å²) in [5.41, 5.74) is 6.20. The van der Waals surface area contributed by atoms with Crippen LogP contribution >= 0.6 is 0 Å². The van der Waals surface area contributed by atoms with Gasteiger partial charge < -0.3 is 10.2 Å². The van der Waals surface area contributed by atoms with Gasteiger partial charge in [-0.05, 0) is 81.3 Å². The van der Waals surface area contributed by atoms with Gasteiger partial charge in [-0.25, -0.2) is 0 Å². The Kier molecular flexibility index (Phi) is 6.27. The van der Waals surface area contributed by atoms with Crippen LogP contribution in [0.1, 0.15) is 35.3 Å². The Labute approximate surface area is 197 Å². The molecule has 0 radical (unpaired) electrons. The van der Waals surface area contributed by atoms with Crippen molar-refractivity contribution in [2.24, 2.45) is 0 Å². The monoisotopic (exact) mass is 458 g/mol. The Balaban J connectivity index is 1.61. The minimum atomic E-state index is -0.498. The molecule has 0 aliphatic rings. The number of fused-ring (bicyclic) bond motifs is 1. The van der Waals surface area contributed by atoms with E-state index in [9.17, 15) is 14.9 Å². The highest BCUT2D eigenvalue weighted by Crippen LogP contribution is 2.25. The van der Waals surface area contributed by atoms with Gasteiger partial charge in [0.15, 0.2) is 0 Å². The number of aryl methyl sites for hydroxylation is 2. The molecule has 3 aromatic carbocycles. The zero-order valence-electron chi connectivity index (χ0n) is 19.6. The van der Waals surface area contributed by atoms with Gasteiger partial charge >= 0.3 is 0 Å². The van der Waals surface area contributed by atoms with E-state index in [1.54, 1.807) is 10.9 Å². The summed E-state index contributed by atoms with van der Waals surface area (Å²) in [7, 11) is 0. The van der Waals surface area contributed by atoms with Crippen LogP contribution in [0, 0.1) is 24.0 Å². The van der Waals surface area contributed by atoms with Crippen LogP contribution < -0.4 is 10.2 Å². The largest absolute Gasteiger partial charge is 0.372 e. The highest BCUT2D eigenvalue weighted by Gasteiger charge is 2.14. The molecule has 1 aromatic heterocycles. The lowest BCUT2D eigenvalue weighted by atomic mass is 10.1. The maximum absolute atomic E-state index is 12.7. The highest BCUT2D eigenvalue weighted by molar-refractivity contribution is 6.05. The molecule has 34 heavy (non-hydrogen) atoms. The minimum Gasteiger partial charge on any atom is -0.372 e. The lowest BCUT2D eigenvalue weighted by Crippen LogP contribution is -2.21. The van der Waals surface area contributed by atoms with Crippen LogP contribution in [0.25, 0.3) is 16.7 Å². The molecule has 0 spiro atoms. The quantitative estimate of drug-likeness (QED) is 0.307. The summed E-state index contributed by atoms with van der Waals surface area (Å²) < 4.78 is 0. The molecule has 1 amide bonds. The molecule has 0 aliphatic carbocycles. The molecule has 0 aliphatic heterocycles. The first-order valence-electron chi connectivity index (χ1n) is 11.1. The van der Waals surface area contributed by atoms with Gasteiger partial charge in [0.05, 0.1) is 10.6 Å². The van der Waals surface area contributed by atoms with E-state index >= 15 is 0 Å². The Morgan fingerprint density at radius 2 is 1.62 bits per heavy atom. The number of hydrogen-bond donors (Lipinski definition) is 1. The van der Waals surface area contributed by atoms with E-state index in [-0.39, 0.29) is 11.6 Å². The molecule has 1 heterocycles. The van der Waals surface area contributed by atoms with Crippen molar-refractivity contribution in [2.75, 3.05) is 23.3 Å². The van der Waals surface area contributed by atoms with Crippen molar-refractivity contribution in [3.05, 3.63) is 81.4 Å². The van der Waals surface area contributed by atoms with E-state index in [1.165, 1.54) is 24.3 Å². The summed E-state index contributed by atoms with van der Waals surface area (Å²) in [6.45, 7) is 10.1. The molecular weight excluding hydrogens is 432 g/mol. The first-order chi connectivity index (χ1) is 16.3. The molecular formula is C25H26N6O3. The average molecular weight is 459 g/mol. The van der Waals surface area contributed by atoms with Crippen molar-refractivity contribution in [2.45, 2.75) is 27.7 Å². The standard InChI is InChI=1S/C25H26N6O3/c1-5-29(6-2)20-11-12-24(17(4)13-20)30-27-22-14-16(3)21(15-23(22)28-30)26-25(32)18-7-9-19(10-8-18)31(33)34/h7-15H,5-6H2,1-4H3,(H,26,32). The lowest BCUT2D eigenvalue weighted by Gasteiger charge is -2.22. The summed E-state index contributed by atoms with van der Waals surface area (Å²) in [5.74, 6) is -0.354. The highest BCUT2D eigenvalue weighted by atomic mass is 16.6. The number of rotatable bonds is 7. The van der Waals surface area contributed by atoms with Crippen molar-refractivity contribution in [3.63, 3.8) is 0 Å².